The van der Waals surface area contributed by atoms with Crippen molar-refractivity contribution in [2.24, 2.45) is 0 Å². The average Bonchev–Trinajstić information content (AvgIpc) is 3.65. The minimum atomic E-state index is -0.433. The summed E-state index contributed by atoms with van der Waals surface area (Å²) < 4.78 is 49.3. The molecule has 0 amide bonds. The lowest BCUT2D eigenvalue weighted by atomic mass is 9.93. The van der Waals surface area contributed by atoms with Crippen molar-refractivity contribution in [2.75, 3.05) is 4.90 Å². The lowest BCUT2D eigenvalue weighted by molar-refractivity contribution is 0.632. The molecule has 2 heteroatoms. The standard InChI is InChI=1S/C50H35NO/c1-4-14-36(15-5-1)38-24-30-42(31-25-38)51(43-32-26-39(27-33-43)37-16-6-2-7-17-37)44-34-28-40(29-35-44)45-20-10-11-21-46(45)50-49(41-18-8-3-9-19-41)47-22-12-13-23-48(47)52-50/h1-35H/i3D,8D,9D,18D,19D. The first-order chi connectivity index (χ1) is 27.9. The molecule has 0 N–H and O–H groups in total. The van der Waals surface area contributed by atoms with Gasteiger partial charge in [0.15, 0.2) is 0 Å². The molecule has 246 valence electrons. The lowest BCUT2D eigenvalue weighted by Gasteiger charge is -2.26. The van der Waals surface area contributed by atoms with Gasteiger partial charge in [-0.2, -0.15) is 0 Å². The highest BCUT2D eigenvalue weighted by atomic mass is 16.3. The van der Waals surface area contributed by atoms with Gasteiger partial charge in [0.1, 0.15) is 11.3 Å². The van der Waals surface area contributed by atoms with E-state index in [0.29, 0.717) is 22.3 Å². The molecule has 9 aromatic rings. The minimum absolute atomic E-state index is 0.110. The first kappa shape index (κ1) is 26.0. The molecule has 52 heavy (non-hydrogen) atoms. The molecule has 1 heterocycles. The number of rotatable bonds is 8. The molecule has 0 unspecified atom stereocenters. The summed E-state index contributed by atoms with van der Waals surface area (Å²) in [5.74, 6) is 0.438. The van der Waals surface area contributed by atoms with Crippen LogP contribution in [0.1, 0.15) is 6.85 Å². The fraction of sp³-hybridized carbons (Fsp3) is 0. The van der Waals surface area contributed by atoms with Crippen molar-refractivity contribution < 1.29 is 11.3 Å². The molecule has 0 saturated carbocycles. The van der Waals surface area contributed by atoms with Gasteiger partial charge >= 0.3 is 0 Å². The predicted molar refractivity (Wildman–Crippen MR) is 218 cm³/mol. The molecule has 2 nitrogen and oxygen atoms in total. The third kappa shape index (κ3) is 5.97. The summed E-state index contributed by atoms with van der Waals surface area (Å²) in [4.78, 5) is 2.25. The Labute approximate surface area is 311 Å². The summed E-state index contributed by atoms with van der Waals surface area (Å²) in [7, 11) is 0. The van der Waals surface area contributed by atoms with Crippen molar-refractivity contribution in [3.63, 3.8) is 0 Å². The van der Waals surface area contributed by atoms with Crippen molar-refractivity contribution in [1.82, 2.24) is 0 Å². The zero-order valence-electron chi connectivity index (χ0n) is 33.2. The van der Waals surface area contributed by atoms with E-state index >= 15 is 0 Å². The molecular formula is C50H35NO. The van der Waals surface area contributed by atoms with Gasteiger partial charge in [0.25, 0.3) is 0 Å². The van der Waals surface area contributed by atoms with E-state index in [2.05, 4.69) is 102 Å². The van der Waals surface area contributed by atoms with Crippen molar-refractivity contribution in [3.8, 4) is 55.8 Å². The molecule has 0 aliphatic rings. The monoisotopic (exact) mass is 670 g/mol. The van der Waals surface area contributed by atoms with Gasteiger partial charge < -0.3 is 9.32 Å². The highest BCUT2D eigenvalue weighted by Gasteiger charge is 2.21. The van der Waals surface area contributed by atoms with Crippen molar-refractivity contribution in [3.05, 3.63) is 212 Å². The zero-order chi connectivity index (χ0) is 39.0. The zero-order valence-corrected chi connectivity index (χ0v) is 28.2. The van der Waals surface area contributed by atoms with E-state index < -0.39 is 6.04 Å². The second kappa shape index (κ2) is 13.8. The molecule has 9 rings (SSSR count). The van der Waals surface area contributed by atoms with Gasteiger partial charge in [-0.05, 0) is 81.4 Å². The van der Waals surface area contributed by atoms with Crippen LogP contribution in [0.5, 0.6) is 0 Å². The van der Waals surface area contributed by atoms with Crippen LogP contribution < -0.4 is 4.90 Å². The van der Waals surface area contributed by atoms with Gasteiger partial charge in [0, 0.05) is 33.6 Å². The number of nitrogens with zero attached hydrogens (tertiary/aromatic N) is 1. The number of benzene rings is 8. The Hall–Kier alpha value is -6.90. The second-order valence-electron chi connectivity index (χ2n) is 12.6. The van der Waals surface area contributed by atoms with Gasteiger partial charge in [0.2, 0.25) is 0 Å². The summed E-state index contributed by atoms with van der Waals surface area (Å²) >= 11 is 0. The van der Waals surface area contributed by atoms with E-state index in [1.54, 1.807) is 0 Å². The fourth-order valence-electron chi connectivity index (χ4n) is 6.90. The molecule has 0 atom stereocenters. The quantitative estimate of drug-likeness (QED) is 0.160. The third-order valence-electron chi connectivity index (χ3n) is 9.42. The molecule has 0 aliphatic heterocycles. The Morgan fingerprint density at radius 3 is 1.37 bits per heavy atom. The normalized spacial score (nSPS) is 12.4. The lowest BCUT2D eigenvalue weighted by Crippen LogP contribution is -2.09. The first-order valence-corrected chi connectivity index (χ1v) is 17.3. The molecule has 8 aromatic carbocycles. The summed E-state index contributed by atoms with van der Waals surface area (Å²) in [6.45, 7) is 0. The van der Waals surface area contributed by atoms with Crippen LogP contribution in [0.4, 0.5) is 17.1 Å². The highest BCUT2D eigenvalue weighted by molar-refractivity contribution is 6.03. The summed E-state index contributed by atoms with van der Waals surface area (Å²) in [6, 6.07) is 59.9. The van der Waals surface area contributed by atoms with Gasteiger partial charge in [0.05, 0.1) is 6.85 Å². The SMILES string of the molecule is [2H]c1c([2H])c([2H])c(-c2c(-c3ccccc3-c3ccc(N(c4ccc(-c5ccccc5)cc4)c4ccc(-c5ccccc5)cc4)cc3)oc3ccccc23)c([2H])c1[2H]. The van der Waals surface area contributed by atoms with Gasteiger partial charge in [-0.15, -0.1) is 0 Å². The topological polar surface area (TPSA) is 16.4 Å². The van der Waals surface area contributed by atoms with Crippen LogP contribution in [0.2, 0.25) is 0 Å². The largest absolute Gasteiger partial charge is 0.455 e. The average molecular weight is 671 g/mol. The molecule has 0 saturated heterocycles. The van der Waals surface area contributed by atoms with E-state index in [1.807, 2.05) is 84.9 Å². The fourth-order valence-corrected chi connectivity index (χ4v) is 6.90. The summed E-state index contributed by atoms with van der Waals surface area (Å²) in [6.07, 6.45) is 0. The van der Waals surface area contributed by atoms with Crippen molar-refractivity contribution >= 4 is 28.0 Å². The summed E-state index contributed by atoms with van der Waals surface area (Å²) in [5, 5.41) is 0.670. The van der Waals surface area contributed by atoms with Gasteiger partial charge in [-0.1, -0.05) is 170 Å². The number of para-hydroxylation sites is 1. The Bertz CT molecular complexity index is 2760. The Morgan fingerprint density at radius 1 is 0.365 bits per heavy atom. The molecule has 0 bridgehead atoms. The van der Waals surface area contributed by atoms with E-state index in [-0.39, 0.29) is 29.7 Å². The van der Waals surface area contributed by atoms with Crippen molar-refractivity contribution in [1.29, 1.82) is 0 Å². The molecule has 0 spiro atoms. The van der Waals surface area contributed by atoms with Crippen LogP contribution >= 0.6 is 0 Å². The van der Waals surface area contributed by atoms with Crippen molar-refractivity contribution in [2.45, 2.75) is 0 Å². The smallest absolute Gasteiger partial charge is 0.143 e. The van der Waals surface area contributed by atoms with E-state index in [0.717, 1.165) is 56.0 Å². The highest BCUT2D eigenvalue weighted by Crippen LogP contribution is 2.45. The van der Waals surface area contributed by atoms with Gasteiger partial charge in [-0.3, -0.25) is 0 Å². The maximum atomic E-state index is 8.86. The maximum Gasteiger partial charge on any atom is 0.143 e. The molecule has 0 fully saturated rings. The predicted octanol–water partition coefficient (Wildman–Crippen LogP) is 14.2. The van der Waals surface area contributed by atoms with Crippen LogP contribution in [0.25, 0.3) is 66.8 Å². The summed E-state index contributed by atoms with van der Waals surface area (Å²) in [5.41, 5.74) is 11.3. The van der Waals surface area contributed by atoms with Crippen LogP contribution in [0.3, 0.4) is 0 Å². The van der Waals surface area contributed by atoms with E-state index in [1.165, 1.54) is 0 Å². The molecule has 1 aromatic heterocycles. The van der Waals surface area contributed by atoms with E-state index in [4.69, 9.17) is 11.3 Å². The second-order valence-corrected chi connectivity index (χ2v) is 12.6. The van der Waals surface area contributed by atoms with E-state index in [9.17, 15) is 0 Å². The van der Waals surface area contributed by atoms with Crippen LogP contribution in [-0.4, -0.2) is 0 Å². The van der Waals surface area contributed by atoms with Gasteiger partial charge in [-0.25, -0.2) is 0 Å². The number of fused-ring (bicyclic) bond motifs is 1. The number of hydrogen-bond donors (Lipinski definition) is 0. The Kier molecular flexibility index (Phi) is 6.89. The van der Waals surface area contributed by atoms with Crippen LogP contribution in [0.15, 0.2) is 217 Å². The molecule has 0 radical (unpaired) electrons. The Morgan fingerprint density at radius 2 is 0.808 bits per heavy atom. The first-order valence-electron chi connectivity index (χ1n) is 19.8. The number of furan rings is 1. The van der Waals surface area contributed by atoms with Crippen LogP contribution in [0, 0.1) is 0 Å². The number of anilines is 3. The minimum Gasteiger partial charge on any atom is -0.455 e. The van der Waals surface area contributed by atoms with Crippen LogP contribution in [-0.2, 0) is 0 Å². The molecule has 0 aliphatic carbocycles. The molecular weight excluding hydrogens is 631 g/mol. The third-order valence-corrected chi connectivity index (χ3v) is 9.42. The Balaban J connectivity index is 1.15. The number of hydrogen-bond acceptors (Lipinski definition) is 2. The maximum absolute atomic E-state index is 8.86.